The third kappa shape index (κ3) is 4.25. The maximum atomic E-state index is 13.8. The maximum Gasteiger partial charge on any atom is 0.249 e. The summed E-state index contributed by atoms with van der Waals surface area (Å²) < 4.78 is 0. The van der Waals surface area contributed by atoms with E-state index in [1.807, 2.05) is 23.1 Å². The Balaban J connectivity index is 1.52. The second-order valence-electron chi connectivity index (χ2n) is 9.30. The molecule has 33 heavy (non-hydrogen) atoms. The molecule has 0 radical (unpaired) electrons. The molecule has 1 heterocycles. The van der Waals surface area contributed by atoms with Gasteiger partial charge < -0.3 is 15.5 Å². The Labute approximate surface area is 195 Å². The van der Waals surface area contributed by atoms with Gasteiger partial charge in [-0.25, -0.2) is 0 Å². The first-order valence-electron chi connectivity index (χ1n) is 11.9. The van der Waals surface area contributed by atoms with Gasteiger partial charge in [-0.05, 0) is 79.1 Å². The zero-order valence-corrected chi connectivity index (χ0v) is 19.3. The molecule has 5 heteroatoms. The Hall–Kier alpha value is -3.18. The number of nitrogens with one attached hydrogen (secondary N) is 2. The van der Waals surface area contributed by atoms with Crippen molar-refractivity contribution in [2.45, 2.75) is 57.2 Å². The number of benzene rings is 3. The van der Waals surface area contributed by atoms with E-state index in [-0.39, 0.29) is 17.9 Å². The molecule has 1 aliphatic carbocycles. The Morgan fingerprint density at radius 1 is 1.00 bits per heavy atom. The van der Waals surface area contributed by atoms with Crippen molar-refractivity contribution in [3.63, 3.8) is 0 Å². The largest absolute Gasteiger partial charge is 0.343 e. The van der Waals surface area contributed by atoms with Gasteiger partial charge in [0.15, 0.2) is 0 Å². The Morgan fingerprint density at radius 3 is 2.55 bits per heavy atom. The average Bonchev–Trinajstić information content (AvgIpc) is 3.69. The van der Waals surface area contributed by atoms with Gasteiger partial charge in [-0.3, -0.25) is 9.59 Å². The van der Waals surface area contributed by atoms with Crippen LogP contribution in [0.1, 0.15) is 48.8 Å². The summed E-state index contributed by atoms with van der Waals surface area (Å²) in [7, 11) is 1.75. The Morgan fingerprint density at radius 2 is 1.76 bits per heavy atom. The van der Waals surface area contributed by atoms with Crippen LogP contribution < -0.4 is 15.5 Å². The van der Waals surface area contributed by atoms with Crippen molar-refractivity contribution >= 4 is 28.3 Å². The van der Waals surface area contributed by atoms with Gasteiger partial charge in [0.1, 0.15) is 6.04 Å². The van der Waals surface area contributed by atoms with E-state index in [0.29, 0.717) is 18.9 Å². The highest BCUT2D eigenvalue weighted by Gasteiger charge is 2.32. The first kappa shape index (κ1) is 21.7. The lowest BCUT2D eigenvalue weighted by Crippen LogP contribution is -2.52. The number of aryl methyl sites for hydroxylation is 1. The minimum atomic E-state index is -0.544. The number of anilines is 1. The molecule has 5 rings (SSSR count). The second-order valence-corrected chi connectivity index (χ2v) is 9.30. The Kier molecular flexibility index (Phi) is 5.90. The molecule has 3 aromatic carbocycles. The van der Waals surface area contributed by atoms with Crippen LogP contribution >= 0.6 is 0 Å². The van der Waals surface area contributed by atoms with E-state index in [0.717, 1.165) is 23.2 Å². The number of carbonyl (C=O) groups is 2. The van der Waals surface area contributed by atoms with E-state index in [9.17, 15) is 9.59 Å². The van der Waals surface area contributed by atoms with E-state index >= 15 is 0 Å². The van der Waals surface area contributed by atoms with Gasteiger partial charge in [0, 0.05) is 5.69 Å². The molecule has 1 fully saturated rings. The second kappa shape index (κ2) is 8.99. The molecule has 2 atom stereocenters. The molecular weight excluding hydrogens is 410 g/mol. The smallest absolute Gasteiger partial charge is 0.249 e. The van der Waals surface area contributed by atoms with Crippen LogP contribution in [-0.2, 0) is 22.6 Å². The first-order valence-corrected chi connectivity index (χ1v) is 11.9. The maximum absolute atomic E-state index is 13.8. The first-order chi connectivity index (χ1) is 16.1. The zero-order valence-electron chi connectivity index (χ0n) is 19.3. The molecule has 1 aliphatic heterocycles. The number of hydrogen-bond acceptors (Lipinski definition) is 3. The standard InChI is InChI=1S/C28H31N3O2/c1-18(29-2)27(32)30-25-16-15-20-7-3-4-12-26(20)31(28(25)33)17-21-8-5-11-24-22(19-13-14-19)9-6-10-23(21)24/h3-12,18-19,25,29H,13-17H2,1-2H3,(H,30,32). The number of likely N-dealkylation sites (N-methyl/N-ethyl adjacent to an activating group) is 1. The van der Waals surface area contributed by atoms with Crippen LogP contribution in [0.4, 0.5) is 5.69 Å². The molecule has 5 nitrogen and oxygen atoms in total. The lowest BCUT2D eigenvalue weighted by molar-refractivity contribution is -0.128. The van der Waals surface area contributed by atoms with Crippen molar-refractivity contribution in [1.29, 1.82) is 0 Å². The highest BCUT2D eigenvalue weighted by atomic mass is 16.2. The van der Waals surface area contributed by atoms with Gasteiger partial charge in [-0.1, -0.05) is 54.6 Å². The van der Waals surface area contributed by atoms with Gasteiger partial charge >= 0.3 is 0 Å². The van der Waals surface area contributed by atoms with Gasteiger partial charge in [0.2, 0.25) is 11.8 Å². The van der Waals surface area contributed by atoms with Crippen molar-refractivity contribution in [1.82, 2.24) is 10.6 Å². The fraction of sp³-hybridized carbons (Fsp3) is 0.357. The summed E-state index contributed by atoms with van der Waals surface area (Å²) in [5, 5.41) is 8.44. The van der Waals surface area contributed by atoms with Gasteiger partial charge in [-0.2, -0.15) is 0 Å². The topological polar surface area (TPSA) is 61.4 Å². The Bertz CT molecular complexity index is 1200. The highest BCUT2D eigenvalue weighted by molar-refractivity contribution is 6.01. The molecule has 2 amide bonds. The summed E-state index contributed by atoms with van der Waals surface area (Å²) in [6, 6.07) is 20.2. The van der Waals surface area contributed by atoms with Gasteiger partial charge in [-0.15, -0.1) is 0 Å². The fourth-order valence-electron chi connectivity index (χ4n) is 4.90. The van der Waals surface area contributed by atoms with Crippen LogP contribution in [0.3, 0.4) is 0 Å². The van der Waals surface area contributed by atoms with Crippen molar-refractivity contribution in [3.8, 4) is 0 Å². The van der Waals surface area contributed by atoms with Crippen LogP contribution in [0.5, 0.6) is 0 Å². The van der Waals surface area contributed by atoms with Crippen molar-refractivity contribution < 1.29 is 9.59 Å². The molecule has 2 unspecified atom stereocenters. The van der Waals surface area contributed by atoms with Crippen LogP contribution in [0.2, 0.25) is 0 Å². The molecule has 0 saturated heterocycles. The normalized spacial score (nSPS) is 19.2. The van der Waals surface area contributed by atoms with E-state index in [1.54, 1.807) is 14.0 Å². The molecular formula is C28H31N3O2. The molecule has 0 spiro atoms. The molecule has 170 valence electrons. The molecule has 2 N–H and O–H groups in total. The van der Waals surface area contributed by atoms with E-state index in [1.165, 1.54) is 29.2 Å². The monoisotopic (exact) mass is 441 g/mol. The quantitative estimate of drug-likeness (QED) is 0.600. The predicted octanol–water partition coefficient (Wildman–Crippen LogP) is 4.29. The van der Waals surface area contributed by atoms with E-state index < -0.39 is 6.04 Å². The number of carbonyl (C=O) groups excluding carboxylic acids is 2. The summed E-state index contributed by atoms with van der Waals surface area (Å²) in [5.74, 6) is 0.464. The lowest BCUT2D eigenvalue weighted by Gasteiger charge is -2.27. The predicted molar refractivity (Wildman–Crippen MR) is 132 cm³/mol. The number of amides is 2. The average molecular weight is 442 g/mol. The minimum absolute atomic E-state index is 0.0491. The van der Waals surface area contributed by atoms with E-state index in [4.69, 9.17) is 0 Å². The SMILES string of the molecule is CNC(C)C(=O)NC1CCc2ccccc2N(Cc2cccc3c(C4CC4)cccc23)C1=O. The summed E-state index contributed by atoms with van der Waals surface area (Å²) >= 11 is 0. The van der Waals surface area contributed by atoms with Gasteiger partial charge in [0.25, 0.3) is 0 Å². The number of para-hydroxylation sites is 1. The molecule has 0 bridgehead atoms. The lowest BCUT2D eigenvalue weighted by atomic mass is 9.97. The van der Waals surface area contributed by atoms with Crippen LogP contribution in [0.15, 0.2) is 60.7 Å². The summed E-state index contributed by atoms with van der Waals surface area (Å²) in [6.45, 7) is 2.28. The van der Waals surface area contributed by atoms with Crippen molar-refractivity contribution in [2.24, 2.45) is 0 Å². The number of rotatable bonds is 6. The minimum Gasteiger partial charge on any atom is -0.343 e. The van der Waals surface area contributed by atoms with Crippen LogP contribution in [0, 0.1) is 0 Å². The molecule has 0 aromatic heterocycles. The summed E-state index contributed by atoms with van der Waals surface area (Å²) in [4.78, 5) is 28.2. The summed E-state index contributed by atoms with van der Waals surface area (Å²) in [6.07, 6.45) is 3.86. The van der Waals surface area contributed by atoms with Crippen molar-refractivity contribution in [2.75, 3.05) is 11.9 Å². The fourth-order valence-corrected chi connectivity index (χ4v) is 4.90. The summed E-state index contributed by atoms with van der Waals surface area (Å²) in [5.41, 5.74) is 4.64. The number of hydrogen-bond donors (Lipinski definition) is 2. The molecule has 1 saturated carbocycles. The highest BCUT2D eigenvalue weighted by Crippen LogP contribution is 2.43. The zero-order chi connectivity index (χ0) is 22.9. The third-order valence-electron chi connectivity index (χ3n) is 7.08. The van der Waals surface area contributed by atoms with Crippen LogP contribution in [-0.4, -0.2) is 30.9 Å². The third-order valence-corrected chi connectivity index (χ3v) is 7.08. The molecule has 2 aliphatic rings. The number of nitrogens with zero attached hydrogens (tertiary/aromatic N) is 1. The number of fused-ring (bicyclic) bond motifs is 2. The van der Waals surface area contributed by atoms with E-state index in [2.05, 4.69) is 53.1 Å². The molecule has 3 aromatic rings. The van der Waals surface area contributed by atoms with Crippen LogP contribution in [0.25, 0.3) is 10.8 Å². The van der Waals surface area contributed by atoms with Gasteiger partial charge in [0.05, 0.1) is 12.6 Å². The van der Waals surface area contributed by atoms with Crippen molar-refractivity contribution in [3.05, 3.63) is 77.4 Å².